The third kappa shape index (κ3) is 4.99. The zero-order valence-electron chi connectivity index (χ0n) is 15.8. The van der Waals surface area contributed by atoms with Crippen LogP contribution in [0.4, 0.5) is 0 Å². The molecule has 0 radical (unpaired) electrons. The molecule has 2 aromatic rings. The number of nitrogens with zero attached hydrogens (tertiary/aromatic N) is 1. The number of carbonyl (C=O) groups is 1. The van der Waals surface area contributed by atoms with Gasteiger partial charge in [0.25, 0.3) is 5.91 Å². The van der Waals surface area contributed by atoms with E-state index in [1.807, 2.05) is 12.1 Å². The number of nitrogens with one attached hydrogen (secondary N) is 1. The van der Waals surface area contributed by atoms with E-state index in [1.54, 1.807) is 38.5 Å². The van der Waals surface area contributed by atoms with E-state index in [0.29, 0.717) is 25.3 Å². The quantitative estimate of drug-likeness (QED) is 0.812. The Labute approximate surface area is 160 Å². The molecule has 0 saturated carbocycles. The van der Waals surface area contributed by atoms with Gasteiger partial charge in [0.1, 0.15) is 11.5 Å². The lowest BCUT2D eigenvalue weighted by atomic mass is 10.0. The highest BCUT2D eigenvalue weighted by atomic mass is 16.5. The standard InChI is InChI=1S/C21H26N2O4/c1-25-18-7-3-16(4-8-18)20(23-11-13-27-14-12-23)15-22-21(24)17-5-9-19(26-2)10-6-17/h3-10,20H,11-15H2,1-2H3,(H,22,24)/t20-/m1/s1. The Morgan fingerprint density at radius 1 is 1.00 bits per heavy atom. The summed E-state index contributed by atoms with van der Waals surface area (Å²) in [7, 11) is 3.26. The Morgan fingerprint density at radius 2 is 1.56 bits per heavy atom. The number of hydrogen-bond acceptors (Lipinski definition) is 5. The fourth-order valence-corrected chi connectivity index (χ4v) is 3.21. The summed E-state index contributed by atoms with van der Waals surface area (Å²) in [5.41, 5.74) is 1.76. The number of methoxy groups -OCH3 is 2. The van der Waals surface area contributed by atoms with Crippen molar-refractivity contribution in [2.75, 3.05) is 47.1 Å². The highest BCUT2D eigenvalue weighted by molar-refractivity contribution is 5.94. The first kappa shape index (κ1) is 19.2. The fourth-order valence-electron chi connectivity index (χ4n) is 3.21. The molecule has 0 aliphatic carbocycles. The molecule has 1 amide bonds. The van der Waals surface area contributed by atoms with E-state index in [-0.39, 0.29) is 11.9 Å². The second-order valence-corrected chi connectivity index (χ2v) is 6.38. The predicted molar refractivity (Wildman–Crippen MR) is 103 cm³/mol. The van der Waals surface area contributed by atoms with Crippen molar-refractivity contribution < 1.29 is 19.0 Å². The maximum absolute atomic E-state index is 12.5. The molecule has 1 aliphatic rings. The fraction of sp³-hybridized carbons (Fsp3) is 0.381. The minimum atomic E-state index is -0.0931. The van der Waals surface area contributed by atoms with Crippen LogP contribution >= 0.6 is 0 Å². The monoisotopic (exact) mass is 370 g/mol. The van der Waals surface area contributed by atoms with Crippen LogP contribution in [0, 0.1) is 0 Å². The van der Waals surface area contributed by atoms with Gasteiger partial charge in [-0.2, -0.15) is 0 Å². The molecule has 1 aliphatic heterocycles. The molecule has 27 heavy (non-hydrogen) atoms. The summed E-state index contributed by atoms with van der Waals surface area (Å²) in [6.07, 6.45) is 0. The van der Waals surface area contributed by atoms with E-state index in [0.717, 1.165) is 30.2 Å². The van der Waals surface area contributed by atoms with Crippen molar-refractivity contribution in [2.24, 2.45) is 0 Å². The lowest BCUT2D eigenvalue weighted by molar-refractivity contribution is 0.0162. The van der Waals surface area contributed by atoms with Crippen molar-refractivity contribution in [1.29, 1.82) is 0 Å². The van der Waals surface area contributed by atoms with Gasteiger partial charge in [-0.25, -0.2) is 0 Å². The summed E-state index contributed by atoms with van der Waals surface area (Å²) in [6.45, 7) is 3.62. The summed E-state index contributed by atoms with van der Waals surface area (Å²) in [6, 6.07) is 15.2. The first-order valence-electron chi connectivity index (χ1n) is 9.09. The summed E-state index contributed by atoms with van der Waals surface area (Å²) >= 11 is 0. The molecule has 6 nitrogen and oxygen atoms in total. The number of carbonyl (C=O) groups excluding carboxylic acids is 1. The molecule has 1 N–H and O–H groups in total. The van der Waals surface area contributed by atoms with Crippen LogP contribution in [-0.4, -0.2) is 57.9 Å². The first-order valence-corrected chi connectivity index (χ1v) is 9.09. The number of benzene rings is 2. The highest BCUT2D eigenvalue weighted by Crippen LogP contribution is 2.24. The van der Waals surface area contributed by atoms with Crippen LogP contribution < -0.4 is 14.8 Å². The topological polar surface area (TPSA) is 60.0 Å². The molecule has 6 heteroatoms. The van der Waals surface area contributed by atoms with Crippen molar-refractivity contribution >= 4 is 5.91 Å². The predicted octanol–water partition coefficient (Wildman–Crippen LogP) is 2.51. The van der Waals surface area contributed by atoms with E-state index in [2.05, 4.69) is 22.3 Å². The Bertz CT molecular complexity index is 725. The summed E-state index contributed by atoms with van der Waals surface area (Å²) in [4.78, 5) is 14.9. The largest absolute Gasteiger partial charge is 0.497 e. The van der Waals surface area contributed by atoms with Gasteiger partial charge in [0.15, 0.2) is 0 Å². The maximum atomic E-state index is 12.5. The van der Waals surface area contributed by atoms with Crippen LogP contribution in [0.15, 0.2) is 48.5 Å². The number of hydrogen-bond donors (Lipinski definition) is 1. The lowest BCUT2D eigenvalue weighted by Crippen LogP contribution is -2.43. The molecule has 1 atom stereocenters. The van der Waals surface area contributed by atoms with Crippen LogP contribution in [0.1, 0.15) is 22.0 Å². The van der Waals surface area contributed by atoms with Crippen LogP contribution in [0.25, 0.3) is 0 Å². The van der Waals surface area contributed by atoms with Gasteiger partial charge in [-0.15, -0.1) is 0 Å². The normalized spacial score (nSPS) is 15.8. The molecule has 3 rings (SSSR count). The second-order valence-electron chi connectivity index (χ2n) is 6.38. The SMILES string of the molecule is COc1ccc(C(=O)NC[C@H](c2ccc(OC)cc2)N2CCOCC2)cc1. The minimum absolute atomic E-state index is 0.0852. The molecule has 1 saturated heterocycles. The van der Waals surface area contributed by atoms with Crippen LogP contribution in [-0.2, 0) is 4.74 Å². The molecule has 144 valence electrons. The molecule has 0 bridgehead atoms. The Kier molecular flexibility index (Phi) is 6.68. The number of morpholine rings is 1. The van der Waals surface area contributed by atoms with Gasteiger partial charge >= 0.3 is 0 Å². The van der Waals surface area contributed by atoms with E-state index in [4.69, 9.17) is 14.2 Å². The molecular weight excluding hydrogens is 344 g/mol. The van der Waals surface area contributed by atoms with Crippen molar-refractivity contribution in [3.05, 3.63) is 59.7 Å². The summed E-state index contributed by atoms with van der Waals surface area (Å²) in [5, 5.41) is 3.07. The van der Waals surface area contributed by atoms with E-state index in [9.17, 15) is 4.79 Å². The van der Waals surface area contributed by atoms with Gasteiger partial charge in [-0.1, -0.05) is 12.1 Å². The van der Waals surface area contributed by atoms with Gasteiger partial charge in [-0.05, 0) is 42.0 Å². The van der Waals surface area contributed by atoms with Crippen molar-refractivity contribution in [3.63, 3.8) is 0 Å². The lowest BCUT2D eigenvalue weighted by Gasteiger charge is -2.35. The average Bonchev–Trinajstić information content (AvgIpc) is 2.75. The number of ether oxygens (including phenoxy) is 3. The zero-order valence-corrected chi connectivity index (χ0v) is 15.8. The maximum Gasteiger partial charge on any atom is 0.251 e. The smallest absolute Gasteiger partial charge is 0.251 e. The molecule has 1 heterocycles. The van der Waals surface area contributed by atoms with Crippen LogP contribution in [0.3, 0.4) is 0 Å². The van der Waals surface area contributed by atoms with Gasteiger partial charge in [0.2, 0.25) is 0 Å². The average molecular weight is 370 g/mol. The van der Waals surface area contributed by atoms with Gasteiger partial charge < -0.3 is 19.5 Å². The van der Waals surface area contributed by atoms with Gasteiger partial charge in [0, 0.05) is 25.2 Å². The Balaban J connectivity index is 1.70. The number of amides is 1. The minimum Gasteiger partial charge on any atom is -0.497 e. The Morgan fingerprint density at radius 3 is 2.11 bits per heavy atom. The third-order valence-electron chi connectivity index (χ3n) is 4.80. The van der Waals surface area contributed by atoms with E-state index < -0.39 is 0 Å². The second kappa shape index (κ2) is 9.39. The van der Waals surface area contributed by atoms with Crippen molar-refractivity contribution in [3.8, 4) is 11.5 Å². The zero-order chi connectivity index (χ0) is 19.1. The Hall–Kier alpha value is -2.57. The van der Waals surface area contributed by atoms with Crippen LogP contribution in [0.5, 0.6) is 11.5 Å². The van der Waals surface area contributed by atoms with Crippen molar-refractivity contribution in [1.82, 2.24) is 10.2 Å². The van der Waals surface area contributed by atoms with E-state index in [1.165, 1.54) is 0 Å². The van der Waals surface area contributed by atoms with Gasteiger partial charge in [-0.3, -0.25) is 9.69 Å². The first-order chi connectivity index (χ1) is 13.2. The molecule has 2 aromatic carbocycles. The van der Waals surface area contributed by atoms with Crippen LogP contribution in [0.2, 0.25) is 0 Å². The molecule has 1 fully saturated rings. The molecule has 0 aromatic heterocycles. The van der Waals surface area contributed by atoms with Gasteiger partial charge in [0.05, 0.1) is 33.5 Å². The highest BCUT2D eigenvalue weighted by Gasteiger charge is 2.23. The third-order valence-corrected chi connectivity index (χ3v) is 4.80. The summed E-state index contributed by atoms with van der Waals surface area (Å²) < 4.78 is 15.9. The van der Waals surface area contributed by atoms with E-state index >= 15 is 0 Å². The molecular formula is C21H26N2O4. The number of rotatable bonds is 7. The summed E-state index contributed by atoms with van der Waals surface area (Å²) in [5.74, 6) is 1.46. The molecule has 0 spiro atoms. The molecule has 0 unspecified atom stereocenters. The van der Waals surface area contributed by atoms with Crippen molar-refractivity contribution in [2.45, 2.75) is 6.04 Å².